The molecule has 1 aliphatic carbocycles. The van der Waals surface area contributed by atoms with Crippen LogP contribution in [0.2, 0.25) is 0 Å². The van der Waals surface area contributed by atoms with Crippen molar-refractivity contribution in [3.8, 4) is 0 Å². The molecule has 0 aromatic heterocycles. The van der Waals surface area contributed by atoms with Gasteiger partial charge in [-0.3, -0.25) is 4.79 Å². The smallest absolute Gasteiger partial charge is 0.246 e. The summed E-state index contributed by atoms with van der Waals surface area (Å²) in [4.78, 5) is 13.7. The van der Waals surface area contributed by atoms with Crippen LogP contribution in [-0.2, 0) is 4.79 Å². The van der Waals surface area contributed by atoms with Crippen molar-refractivity contribution >= 4 is 11.6 Å². The van der Waals surface area contributed by atoms with E-state index in [2.05, 4.69) is 0 Å². The third-order valence-electron chi connectivity index (χ3n) is 3.12. The average molecular weight is 204 g/mol. The number of rotatable bonds is 2. The Morgan fingerprint density at radius 3 is 2.40 bits per heavy atom. The molecule has 15 heavy (non-hydrogen) atoms. The van der Waals surface area contributed by atoms with Gasteiger partial charge in [-0.1, -0.05) is 18.2 Å². The van der Waals surface area contributed by atoms with Crippen molar-refractivity contribution in [2.75, 3.05) is 11.9 Å². The number of carbonyl (C=O) groups is 1. The summed E-state index contributed by atoms with van der Waals surface area (Å²) in [5.41, 5.74) is 6.29. The lowest BCUT2D eigenvalue weighted by atomic mass is 9.76. The Balaban J connectivity index is 2.15. The largest absolute Gasteiger partial charge is 0.317 e. The van der Waals surface area contributed by atoms with E-state index in [9.17, 15) is 4.79 Å². The number of benzene rings is 1. The number of amides is 1. The summed E-state index contributed by atoms with van der Waals surface area (Å²) in [7, 11) is 1.78. The maximum Gasteiger partial charge on any atom is 0.246 e. The lowest BCUT2D eigenvalue weighted by Gasteiger charge is -2.39. The zero-order valence-corrected chi connectivity index (χ0v) is 8.94. The molecule has 0 saturated heterocycles. The van der Waals surface area contributed by atoms with Crippen molar-refractivity contribution < 1.29 is 4.79 Å². The number of nitrogens with two attached hydrogens (primary N) is 1. The van der Waals surface area contributed by atoms with E-state index < -0.39 is 5.54 Å². The molecular weight excluding hydrogens is 188 g/mol. The van der Waals surface area contributed by atoms with E-state index in [0.29, 0.717) is 0 Å². The van der Waals surface area contributed by atoms with Crippen LogP contribution >= 0.6 is 0 Å². The van der Waals surface area contributed by atoms with Gasteiger partial charge in [0, 0.05) is 12.7 Å². The summed E-state index contributed by atoms with van der Waals surface area (Å²) in [6.45, 7) is 0. The molecule has 0 aliphatic heterocycles. The van der Waals surface area contributed by atoms with Gasteiger partial charge in [0.1, 0.15) is 0 Å². The van der Waals surface area contributed by atoms with E-state index in [1.165, 1.54) is 0 Å². The van der Waals surface area contributed by atoms with E-state index in [4.69, 9.17) is 5.73 Å². The van der Waals surface area contributed by atoms with Crippen molar-refractivity contribution in [3.05, 3.63) is 30.3 Å². The summed E-state index contributed by atoms with van der Waals surface area (Å²) >= 11 is 0. The molecule has 0 radical (unpaired) electrons. The van der Waals surface area contributed by atoms with Crippen LogP contribution in [0.25, 0.3) is 0 Å². The molecule has 1 amide bonds. The van der Waals surface area contributed by atoms with Crippen LogP contribution in [-0.4, -0.2) is 18.5 Å². The number of para-hydroxylation sites is 1. The van der Waals surface area contributed by atoms with E-state index in [1.807, 2.05) is 30.3 Å². The molecule has 1 aromatic rings. The van der Waals surface area contributed by atoms with Crippen LogP contribution < -0.4 is 10.6 Å². The first kappa shape index (κ1) is 10.2. The van der Waals surface area contributed by atoms with Crippen molar-refractivity contribution in [1.82, 2.24) is 0 Å². The predicted octanol–water partition coefficient (Wildman–Crippen LogP) is 1.53. The number of anilines is 1. The highest BCUT2D eigenvalue weighted by atomic mass is 16.2. The Hall–Kier alpha value is -1.35. The number of likely N-dealkylation sites (N-methyl/N-ethyl adjacent to an activating group) is 1. The summed E-state index contributed by atoms with van der Waals surface area (Å²) in [6, 6.07) is 9.61. The first-order valence-corrected chi connectivity index (χ1v) is 5.26. The lowest BCUT2D eigenvalue weighted by molar-refractivity contribution is -0.126. The van der Waals surface area contributed by atoms with Gasteiger partial charge in [-0.25, -0.2) is 0 Å². The van der Waals surface area contributed by atoms with Gasteiger partial charge >= 0.3 is 0 Å². The normalized spacial score (nSPS) is 18.0. The van der Waals surface area contributed by atoms with Crippen LogP contribution in [0, 0.1) is 0 Å². The lowest BCUT2D eigenvalue weighted by Crippen LogP contribution is -2.59. The van der Waals surface area contributed by atoms with Gasteiger partial charge in [-0.05, 0) is 31.4 Å². The third kappa shape index (κ3) is 1.75. The summed E-state index contributed by atoms with van der Waals surface area (Å²) < 4.78 is 0. The zero-order chi connectivity index (χ0) is 10.9. The molecule has 0 unspecified atom stereocenters. The first-order chi connectivity index (χ1) is 7.13. The van der Waals surface area contributed by atoms with Gasteiger partial charge in [-0.2, -0.15) is 0 Å². The van der Waals surface area contributed by atoms with Crippen LogP contribution in [0.1, 0.15) is 19.3 Å². The predicted molar refractivity (Wildman–Crippen MR) is 60.6 cm³/mol. The van der Waals surface area contributed by atoms with Crippen LogP contribution in [0.4, 0.5) is 5.69 Å². The van der Waals surface area contributed by atoms with Gasteiger partial charge in [0.05, 0.1) is 5.54 Å². The molecule has 2 N–H and O–H groups in total. The molecule has 3 heteroatoms. The molecule has 1 fully saturated rings. The Morgan fingerprint density at radius 1 is 1.33 bits per heavy atom. The van der Waals surface area contributed by atoms with Gasteiger partial charge in [-0.15, -0.1) is 0 Å². The van der Waals surface area contributed by atoms with Crippen molar-refractivity contribution in [1.29, 1.82) is 0 Å². The van der Waals surface area contributed by atoms with Gasteiger partial charge in [0.15, 0.2) is 0 Å². The second-order valence-corrected chi connectivity index (χ2v) is 4.21. The second-order valence-electron chi connectivity index (χ2n) is 4.21. The third-order valence-corrected chi connectivity index (χ3v) is 3.12. The molecular formula is C12H16N2O. The Morgan fingerprint density at radius 2 is 1.93 bits per heavy atom. The van der Waals surface area contributed by atoms with E-state index in [1.54, 1.807) is 11.9 Å². The minimum absolute atomic E-state index is 0.0277. The number of carbonyl (C=O) groups excluding carboxylic acids is 1. The van der Waals surface area contributed by atoms with Crippen LogP contribution in [0.15, 0.2) is 30.3 Å². The monoisotopic (exact) mass is 204 g/mol. The van der Waals surface area contributed by atoms with E-state index in [-0.39, 0.29) is 5.91 Å². The minimum atomic E-state index is -0.607. The molecule has 1 aromatic carbocycles. The van der Waals surface area contributed by atoms with E-state index in [0.717, 1.165) is 24.9 Å². The van der Waals surface area contributed by atoms with Gasteiger partial charge < -0.3 is 10.6 Å². The molecule has 0 atom stereocenters. The molecule has 80 valence electrons. The summed E-state index contributed by atoms with van der Waals surface area (Å²) in [5.74, 6) is 0.0277. The highest BCUT2D eigenvalue weighted by molar-refractivity contribution is 6.00. The van der Waals surface area contributed by atoms with Gasteiger partial charge in [0.25, 0.3) is 0 Å². The Kier molecular flexibility index (Phi) is 2.49. The fourth-order valence-corrected chi connectivity index (χ4v) is 1.87. The summed E-state index contributed by atoms with van der Waals surface area (Å²) in [6.07, 6.45) is 2.68. The number of hydrogen-bond acceptors (Lipinski definition) is 2. The highest BCUT2D eigenvalue weighted by Gasteiger charge is 2.42. The maximum absolute atomic E-state index is 12.0. The Labute approximate surface area is 89.9 Å². The molecule has 0 spiro atoms. The van der Waals surface area contributed by atoms with E-state index >= 15 is 0 Å². The standard InChI is InChI=1S/C12H16N2O/c1-14(10-6-3-2-4-7-10)11(15)12(13)8-5-9-12/h2-4,6-7H,5,8-9,13H2,1H3. The minimum Gasteiger partial charge on any atom is -0.317 e. The number of hydrogen-bond donors (Lipinski definition) is 1. The quantitative estimate of drug-likeness (QED) is 0.794. The zero-order valence-electron chi connectivity index (χ0n) is 8.94. The maximum atomic E-state index is 12.0. The molecule has 2 rings (SSSR count). The van der Waals surface area contributed by atoms with Crippen LogP contribution in [0.5, 0.6) is 0 Å². The second kappa shape index (κ2) is 3.66. The van der Waals surface area contributed by atoms with Crippen LogP contribution in [0.3, 0.4) is 0 Å². The first-order valence-electron chi connectivity index (χ1n) is 5.26. The molecule has 3 nitrogen and oxygen atoms in total. The van der Waals surface area contributed by atoms with Crippen molar-refractivity contribution in [2.24, 2.45) is 5.73 Å². The fourth-order valence-electron chi connectivity index (χ4n) is 1.87. The molecule has 1 saturated carbocycles. The van der Waals surface area contributed by atoms with Gasteiger partial charge in [0.2, 0.25) is 5.91 Å². The molecule has 0 bridgehead atoms. The highest BCUT2D eigenvalue weighted by Crippen LogP contribution is 2.31. The summed E-state index contributed by atoms with van der Waals surface area (Å²) in [5, 5.41) is 0. The topological polar surface area (TPSA) is 46.3 Å². The Bertz CT molecular complexity index is 357. The van der Waals surface area contributed by atoms with Crippen molar-refractivity contribution in [2.45, 2.75) is 24.8 Å². The number of nitrogens with zero attached hydrogens (tertiary/aromatic N) is 1. The average Bonchev–Trinajstić information content (AvgIpc) is 2.25. The molecule has 1 aliphatic rings. The molecule has 0 heterocycles. The fraction of sp³-hybridized carbons (Fsp3) is 0.417. The van der Waals surface area contributed by atoms with Crippen molar-refractivity contribution in [3.63, 3.8) is 0 Å². The SMILES string of the molecule is CN(C(=O)C1(N)CCC1)c1ccccc1.